The third-order valence-electron chi connectivity index (χ3n) is 6.10. The van der Waals surface area contributed by atoms with E-state index in [9.17, 15) is 9.59 Å². The normalized spacial score (nSPS) is 14.4. The quantitative estimate of drug-likeness (QED) is 0.315. The van der Waals surface area contributed by atoms with Crippen LogP contribution in [0.2, 0.25) is 0 Å². The first-order valence-corrected chi connectivity index (χ1v) is 11.6. The zero-order chi connectivity index (χ0) is 25.7. The van der Waals surface area contributed by atoms with Crippen LogP contribution in [0.1, 0.15) is 29.2 Å². The highest BCUT2D eigenvalue weighted by Gasteiger charge is 2.37. The molecule has 0 unspecified atom stereocenters. The summed E-state index contributed by atoms with van der Waals surface area (Å²) in [6.45, 7) is 4.54. The molecule has 0 spiro atoms. The molecule has 6 nitrogen and oxygen atoms in total. The van der Waals surface area contributed by atoms with E-state index < -0.39 is 5.97 Å². The Bertz CT molecular complexity index is 1320. The van der Waals surface area contributed by atoms with Gasteiger partial charge in [-0.3, -0.25) is 4.79 Å². The number of benzene rings is 3. The molecule has 6 heteroatoms. The lowest BCUT2D eigenvalue weighted by molar-refractivity contribution is -0.136. The molecule has 1 aliphatic heterocycles. The second kappa shape index (κ2) is 11.0. The zero-order valence-corrected chi connectivity index (χ0v) is 20.9. The van der Waals surface area contributed by atoms with E-state index in [0.29, 0.717) is 35.9 Å². The van der Waals surface area contributed by atoms with Crippen molar-refractivity contribution in [1.29, 1.82) is 0 Å². The van der Waals surface area contributed by atoms with Gasteiger partial charge in [0, 0.05) is 5.70 Å². The summed E-state index contributed by atoms with van der Waals surface area (Å²) in [5, 5.41) is 0. The van der Waals surface area contributed by atoms with Crippen molar-refractivity contribution in [1.82, 2.24) is 4.90 Å². The van der Waals surface area contributed by atoms with Gasteiger partial charge in [0.05, 0.1) is 31.9 Å². The Labute approximate surface area is 211 Å². The molecule has 0 aliphatic carbocycles. The van der Waals surface area contributed by atoms with E-state index in [2.05, 4.69) is 0 Å². The first-order valence-electron chi connectivity index (χ1n) is 11.6. The maximum absolute atomic E-state index is 13.5. The monoisotopic (exact) mass is 483 g/mol. The number of methoxy groups -OCH3 is 2. The van der Waals surface area contributed by atoms with Crippen LogP contribution < -0.4 is 9.47 Å². The standard InChI is InChI=1S/C30H29NO5/c1-20-10-12-22(13-11-20)18-31-21(2)28(30(33)35-4)25(29(31)32)16-24-14-15-26(27(17-24)34-3)36-19-23-8-6-5-7-9-23/h5-17H,18-19H2,1-4H3/b25-16-. The molecule has 0 saturated carbocycles. The van der Waals surface area contributed by atoms with Gasteiger partial charge in [0.25, 0.3) is 5.91 Å². The minimum Gasteiger partial charge on any atom is -0.493 e. The minimum absolute atomic E-state index is 0.253. The van der Waals surface area contributed by atoms with Crippen molar-refractivity contribution in [2.45, 2.75) is 27.0 Å². The molecule has 4 rings (SSSR count). The number of amides is 1. The lowest BCUT2D eigenvalue weighted by Crippen LogP contribution is -2.24. The van der Waals surface area contributed by atoms with Crippen molar-refractivity contribution in [2.75, 3.05) is 14.2 Å². The maximum atomic E-state index is 13.5. The third-order valence-corrected chi connectivity index (χ3v) is 6.10. The van der Waals surface area contributed by atoms with Crippen LogP contribution >= 0.6 is 0 Å². The molecule has 0 fully saturated rings. The van der Waals surface area contributed by atoms with Crippen LogP contribution in [0, 0.1) is 6.92 Å². The number of carbonyl (C=O) groups excluding carboxylic acids is 2. The van der Waals surface area contributed by atoms with Gasteiger partial charge in [-0.05, 0) is 48.7 Å². The molecule has 1 heterocycles. The van der Waals surface area contributed by atoms with E-state index in [1.807, 2.05) is 67.6 Å². The van der Waals surface area contributed by atoms with Crippen LogP contribution in [0.5, 0.6) is 11.5 Å². The van der Waals surface area contributed by atoms with E-state index in [1.54, 1.807) is 37.1 Å². The Morgan fingerprint density at radius 1 is 0.889 bits per heavy atom. The van der Waals surface area contributed by atoms with Gasteiger partial charge in [0.1, 0.15) is 6.61 Å². The Morgan fingerprint density at radius 3 is 2.28 bits per heavy atom. The topological polar surface area (TPSA) is 65.1 Å². The van der Waals surface area contributed by atoms with Crippen LogP contribution in [0.25, 0.3) is 6.08 Å². The predicted molar refractivity (Wildman–Crippen MR) is 138 cm³/mol. The molecule has 0 N–H and O–H groups in total. The van der Waals surface area contributed by atoms with Gasteiger partial charge in [-0.1, -0.05) is 66.2 Å². The molecule has 3 aromatic carbocycles. The van der Waals surface area contributed by atoms with E-state index in [-0.39, 0.29) is 17.1 Å². The number of carbonyl (C=O) groups is 2. The fraction of sp³-hybridized carbons (Fsp3) is 0.200. The second-order valence-electron chi connectivity index (χ2n) is 8.57. The lowest BCUT2D eigenvalue weighted by Gasteiger charge is -2.18. The fourth-order valence-electron chi connectivity index (χ4n) is 4.09. The first-order chi connectivity index (χ1) is 17.4. The summed E-state index contributed by atoms with van der Waals surface area (Å²) in [6, 6.07) is 23.2. The fourth-order valence-corrected chi connectivity index (χ4v) is 4.09. The summed E-state index contributed by atoms with van der Waals surface area (Å²) in [5.74, 6) is 0.315. The number of hydrogen-bond acceptors (Lipinski definition) is 5. The minimum atomic E-state index is -0.548. The van der Waals surface area contributed by atoms with Gasteiger partial charge in [-0.2, -0.15) is 0 Å². The van der Waals surface area contributed by atoms with Crippen LogP contribution in [0.3, 0.4) is 0 Å². The molecule has 0 bridgehead atoms. The molecular formula is C30H29NO5. The average molecular weight is 484 g/mol. The average Bonchev–Trinajstić information content (AvgIpc) is 3.13. The third kappa shape index (κ3) is 5.33. The van der Waals surface area contributed by atoms with E-state index in [0.717, 1.165) is 16.7 Å². The predicted octanol–water partition coefficient (Wildman–Crippen LogP) is 5.46. The van der Waals surface area contributed by atoms with Crippen LogP contribution in [-0.2, 0) is 27.5 Å². The Kier molecular flexibility index (Phi) is 7.54. The largest absolute Gasteiger partial charge is 0.493 e. The van der Waals surface area contributed by atoms with Gasteiger partial charge in [0.2, 0.25) is 0 Å². The summed E-state index contributed by atoms with van der Waals surface area (Å²) >= 11 is 0. The van der Waals surface area contributed by atoms with Crippen molar-refractivity contribution in [3.05, 3.63) is 112 Å². The van der Waals surface area contributed by atoms with Crippen LogP contribution in [-0.4, -0.2) is 31.0 Å². The Hall–Kier alpha value is -4.32. The molecule has 184 valence electrons. The Morgan fingerprint density at radius 2 is 1.61 bits per heavy atom. The highest BCUT2D eigenvalue weighted by atomic mass is 16.5. The number of hydrogen-bond donors (Lipinski definition) is 0. The summed E-state index contributed by atoms with van der Waals surface area (Å²) in [5.41, 5.74) is 4.96. The van der Waals surface area contributed by atoms with Crippen LogP contribution in [0.4, 0.5) is 0 Å². The molecule has 0 saturated heterocycles. The number of rotatable bonds is 8. The van der Waals surface area contributed by atoms with Crippen molar-refractivity contribution in [2.24, 2.45) is 0 Å². The lowest BCUT2D eigenvalue weighted by atomic mass is 10.0. The van der Waals surface area contributed by atoms with Crippen LogP contribution in [0.15, 0.2) is 89.6 Å². The van der Waals surface area contributed by atoms with E-state index in [4.69, 9.17) is 14.2 Å². The second-order valence-corrected chi connectivity index (χ2v) is 8.57. The molecule has 1 aliphatic rings. The molecule has 0 aromatic heterocycles. The smallest absolute Gasteiger partial charge is 0.340 e. The molecule has 36 heavy (non-hydrogen) atoms. The number of nitrogens with zero attached hydrogens (tertiary/aromatic N) is 1. The SMILES string of the molecule is COC(=O)C1=C(C)N(Cc2ccc(C)cc2)C(=O)/C1=C\c1ccc(OCc2ccccc2)c(OC)c1. The molecular weight excluding hydrogens is 454 g/mol. The number of allylic oxidation sites excluding steroid dienone is 1. The maximum Gasteiger partial charge on any atom is 0.340 e. The van der Waals surface area contributed by atoms with E-state index in [1.165, 1.54) is 7.11 Å². The summed E-state index contributed by atoms with van der Waals surface area (Å²) in [7, 11) is 2.88. The van der Waals surface area contributed by atoms with Crippen molar-refractivity contribution in [3.8, 4) is 11.5 Å². The number of esters is 1. The van der Waals surface area contributed by atoms with Crippen molar-refractivity contribution >= 4 is 18.0 Å². The van der Waals surface area contributed by atoms with Gasteiger partial charge in [0.15, 0.2) is 11.5 Å². The van der Waals surface area contributed by atoms with E-state index >= 15 is 0 Å². The zero-order valence-electron chi connectivity index (χ0n) is 20.9. The first kappa shape index (κ1) is 24.8. The molecule has 3 aromatic rings. The molecule has 1 amide bonds. The van der Waals surface area contributed by atoms with Gasteiger partial charge < -0.3 is 19.1 Å². The number of ether oxygens (including phenoxy) is 3. The van der Waals surface area contributed by atoms with Gasteiger partial charge in [-0.15, -0.1) is 0 Å². The van der Waals surface area contributed by atoms with Crippen molar-refractivity contribution in [3.63, 3.8) is 0 Å². The van der Waals surface area contributed by atoms with Gasteiger partial charge in [-0.25, -0.2) is 4.79 Å². The summed E-state index contributed by atoms with van der Waals surface area (Å²) < 4.78 is 16.5. The van der Waals surface area contributed by atoms with Crippen molar-refractivity contribution < 1.29 is 23.8 Å². The summed E-state index contributed by atoms with van der Waals surface area (Å²) in [6.07, 6.45) is 1.69. The van der Waals surface area contributed by atoms with Gasteiger partial charge >= 0.3 is 5.97 Å². The Balaban J connectivity index is 1.63. The highest BCUT2D eigenvalue weighted by Crippen LogP contribution is 2.35. The molecule has 0 atom stereocenters. The number of aryl methyl sites for hydroxylation is 1. The molecule has 0 radical (unpaired) electrons. The summed E-state index contributed by atoms with van der Waals surface area (Å²) in [4.78, 5) is 27.7. The highest BCUT2D eigenvalue weighted by molar-refractivity contribution is 6.16.